The van der Waals surface area contributed by atoms with E-state index in [1.54, 1.807) is 4.57 Å². The Balaban J connectivity index is 1.71. The van der Waals surface area contributed by atoms with Gasteiger partial charge in [0, 0.05) is 11.3 Å². The molecule has 0 unspecified atom stereocenters. The maximum Gasteiger partial charge on any atom is 0.294 e. The average Bonchev–Trinajstić information content (AvgIpc) is 3.27. The van der Waals surface area contributed by atoms with Crippen LogP contribution in [0.3, 0.4) is 0 Å². The minimum absolute atomic E-state index is 0.115. The van der Waals surface area contributed by atoms with Gasteiger partial charge in [0.25, 0.3) is 13.9 Å². The van der Waals surface area contributed by atoms with Crippen LogP contribution >= 0.6 is 12.2 Å². The third kappa shape index (κ3) is 5.27. The van der Waals surface area contributed by atoms with Crippen molar-refractivity contribution in [2.75, 3.05) is 13.7 Å². The van der Waals surface area contributed by atoms with Crippen molar-refractivity contribution >= 4 is 30.9 Å². The van der Waals surface area contributed by atoms with E-state index in [1.165, 1.54) is 13.3 Å². The van der Waals surface area contributed by atoms with Crippen LogP contribution in [0, 0.1) is 4.77 Å². The van der Waals surface area contributed by atoms with Crippen LogP contribution in [0.2, 0.25) is 5.04 Å². The van der Waals surface area contributed by atoms with E-state index in [2.05, 4.69) is 60.0 Å². The summed E-state index contributed by atoms with van der Waals surface area (Å²) in [7, 11) is -1.40. The molecule has 4 rings (SSSR count). The van der Waals surface area contributed by atoms with Gasteiger partial charge >= 0.3 is 0 Å². The average molecular weight is 538 g/mol. The Morgan fingerprint density at radius 2 is 1.76 bits per heavy atom. The summed E-state index contributed by atoms with van der Waals surface area (Å²) in [5.74, 6) is 0.115. The molecule has 2 heterocycles. The summed E-state index contributed by atoms with van der Waals surface area (Å²) in [4.78, 5) is 17.7. The van der Waals surface area contributed by atoms with Gasteiger partial charge in [-0.2, -0.15) is 0 Å². The summed E-state index contributed by atoms with van der Waals surface area (Å²) in [5, 5.41) is 6.11. The lowest BCUT2D eigenvalue weighted by Crippen LogP contribution is -2.67. The molecule has 0 spiro atoms. The second kappa shape index (κ2) is 11.0. The van der Waals surface area contributed by atoms with E-state index in [1.807, 2.05) is 36.4 Å². The molecule has 2 aromatic carbocycles. The van der Waals surface area contributed by atoms with Crippen LogP contribution in [-0.2, 0) is 9.16 Å². The molecule has 11 heteroatoms. The SMILES string of the molecule is COc1cn([C@H]2C[C@H](N=[N+]=[N-])[C@@H](CO[Si](c3ccccc3)(c3ccccc3)C(C)(C)C)O2)c(=S)[nH]c1=O. The fourth-order valence-corrected chi connectivity index (χ4v) is 9.85. The number of hydrogen-bond acceptors (Lipinski definition) is 6. The Hall–Kier alpha value is -3.21. The number of methoxy groups -OCH3 is 1. The van der Waals surface area contributed by atoms with Gasteiger partial charge in [-0.3, -0.25) is 14.3 Å². The van der Waals surface area contributed by atoms with E-state index in [0.29, 0.717) is 6.42 Å². The first-order chi connectivity index (χ1) is 17.7. The summed E-state index contributed by atoms with van der Waals surface area (Å²) in [6.45, 7) is 6.83. The maximum atomic E-state index is 12.1. The normalized spacial score (nSPS) is 19.8. The molecule has 37 heavy (non-hydrogen) atoms. The summed E-state index contributed by atoms with van der Waals surface area (Å²) in [6.07, 6.45) is 0.830. The van der Waals surface area contributed by atoms with Crippen molar-refractivity contribution in [3.63, 3.8) is 0 Å². The number of nitrogens with one attached hydrogen (secondary N) is 1. The van der Waals surface area contributed by atoms with Crippen molar-refractivity contribution in [3.8, 4) is 5.75 Å². The molecule has 1 aliphatic rings. The predicted molar refractivity (Wildman–Crippen MR) is 147 cm³/mol. The largest absolute Gasteiger partial charge is 0.490 e. The van der Waals surface area contributed by atoms with Gasteiger partial charge in [-0.25, -0.2) is 0 Å². The van der Waals surface area contributed by atoms with Crippen molar-refractivity contribution in [3.05, 3.63) is 92.4 Å². The smallest absolute Gasteiger partial charge is 0.294 e. The van der Waals surface area contributed by atoms with Gasteiger partial charge in [0.1, 0.15) is 6.23 Å². The van der Waals surface area contributed by atoms with E-state index in [4.69, 9.17) is 26.1 Å². The summed E-state index contributed by atoms with van der Waals surface area (Å²) < 4.78 is 20.4. The Morgan fingerprint density at radius 3 is 2.27 bits per heavy atom. The van der Waals surface area contributed by atoms with Crippen LogP contribution in [0.5, 0.6) is 5.75 Å². The monoisotopic (exact) mass is 537 g/mol. The van der Waals surface area contributed by atoms with Gasteiger partial charge < -0.3 is 13.9 Å². The van der Waals surface area contributed by atoms with Gasteiger partial charge in [0.2, 0.25) is 5.75 Å². The molecule has 0 saturated carbocycles. The second-order valence-corrected chi connectivity index (χ2v) is 14.7. The Labute approximate surface area is 221 Å². The first-order valence-corrected chi connectivity index (χ1v) is 14.4. The fourth-order valence-electron chi connectivity index (χ4n) is 5.02. The lowest BCUT2D eigenvalue weighted by Gasteiger charge is -2.43. The zero-order valence-electron chi connectivity index (χ0n) is 21.3. The maximum absolute atomic E-state index is 12.1. The molecule has 1 fully saturated rings. The lowest BCUT2D eigenvalue weighted by atomic mass is 10.1. The van der Waals surface area contributed by atoms with Crippen LogP contribution in [0.15, 0.2) is 76.8 Å². The molecule has 1 aromatic heterocycles. The van der Waals surface area contributed by atoms with Crippen molar-refractivity contribution in [2.24, 2.45) is 5.11 Å². The highest BCUT2D eigenvalue weighted by Crippen LogP contribution is 2.38. The molecule has 3 atom stereocenters. The molecular formula is C26H31N5O4SSi. The minimum atomic E-state index is -2.81. The van der Waals surface area contributed by atoms with Gasteiger partial charge in [-0.1, -0.05) is 86.5 Å². The number of aromatic amines is 1. The number of H-pyrrole nitrogens is 1. The summed E-state index contributed by atoms with van der Waals surface area (Å²) >= 11 is 5.37. The van der Waals surface area contributed by atoms with Crippen molar-refractivity contribution in [2.45, 2.75) is 50.6 Å². The molecule has 9 nitrogen and oxygen atoms in total. The molecule has 0 bridgehead atoms. The zero-order chi connectivity index (χ0) is 26.6. The topological polar surface area (TPSA) is 114 Å². The molecule has 0 aliphatic carbocycles. The van der Waals surface area contributed by atoms with Crippen LogP contribution in [0.25, 0.3) is 10.4 Å². The molecule has 1 N–H and O–H groups in total. The second-order valence-electron chi connectivity index (χ2n) is 9.98. The summed E-state index contributed by atoms with van der Waals surface area (Å²) in [6, 6.07) is 20.2. The Kier molecular flexibility index (Phi) is 8.01. The number of azide groups is 1. The molecule has 1 saturated heterocycles. The molecule has 3 aromatic rings. The predicted octanol–water partition coefficient (Wildman–Crippen LogP) is 4.46. The van der Waals surface area contributed by atoms with Crippen LogP contribution in [-0.4, -0.2) is 43.7 Å². The highest BCUT2D eigenvalue weighted by atomic mass is 32.1. The standard InChI is InChI=1S/C26H31N5O4SSi/c1-26(2,3)37(18-11-7-5-8-12-18,19-13-9-6-10-14-19)34-17-22-20(29-30-27)15-23(35-22)31-16-21(33-4)24(32)28-25(31)36/h5-14,16,20,22-23H,15,17H2,1-4H3,(H,28,32,36)/t20-,22+,23+/m0/s1. The number of nitrogens with zero attached hydrogens (tertiary/aromatic N) is 4. The van der Waals surface area contributed by atoms with Gasteiger partial charge in [-0.15, -0.1) is 0 Å². The Morgan fingerprint density at radius 1 is 1.16 bits per heavy atom. The highest BCUT2D eigenvalue weighted by molar-refractivity contribution is 7.71. The highest BCUT2D eigenvalue weighted by Gasteiger charge is 2.51. The first-order valence-electron chi connectivity index (χ1n) is 12.1. The number of aromatic nitrogens is 2. The molecular weight excluding hydrogens is 506 g/mol. The van der Waals surface area contributed by atoms with Gasteiger partial charge in [0.05, 0.1) is 32.1 Å². The van der Waals surface area contributed by atoms with Gasteiger partial charge in [0.15, 0.2) is 4.77 Å². The number of hydrogen-bond donors (Lipinski definition) is 1. The number of ether oxygens (including phenoxy) is 2. The van der Waals surface area contributed by atoms with Crippen LogP contribution in [0.1, 0.15) is 33.4 Å². The van der Waals surface area contributed by atoms with Crippen molar-refractivity contribution < 1.29 is 13.9 Å². The number of rotatable bonds is 8. The minimum Gasteiger partial charge on any atom is -0.490 e. The quantitative estimate of drug-likeness (QED) is 0.150. The molecule has 194 valence electrons. The molecule has 0 amide bonds. The van der Waals surface area contributed by atoms with Crippen LogP contribution < -0.4 is 20.7 Å². The number of benzene rings is 2. The van der Waals surface area contributed by atoms with E-state index in [0.717, 1.165) is 10.4 Å². The van der Waals surface area contributed by atoms with E-state index < -0.39 is 32.3 Å². The van der Waals surface area contributed by atoms with Crippen LogP contribution in [0.4, 0.5) is 0 Å². The van der Waals surface area contributed by atoms with E-state index in [-0.39, 0.29) is 22.2 Å². The van der Waals surface area contributed by atoms with E-state index >= 15 is 0 Å². The fraction of sp³-hybridized carbons (Fsp3) is 0.385. The first kappa shape index (κ1) is 26.8. The third-order valence-corrected chi connectivity index (χ3v) is 12.1. The molecule has 0 radical (unpaired) electrons. The van der Waals surface area contributed by atoms with Gasteiger partial charge in [-0.05, 0) is 33.2 Å². The van der Waals surface area contributed by atoms with E-state index in [9.17, 15) is 10.3 Å². The van der Waals surface area contributed by atoms with Crippen molar-refractivity contribution in [1.82, 2.24) is 9.55 Å². The zero-order valence-corrected chi connectivity index (χ0v) is 23.1. The van der Waals surface area contributed by atoms with Crippen molar-refractivity contribution in [1.29, 1.82) is 0 Å². The lowest BCUT2D eigenvalue weighted by molar-refractivity contribution is -0.0233. The summed E-state index contributed by atoms with van der Waals surface area (Å²) in [5.41, 5.74) is 8.85. The Bertz CT molecular complexity index is 1340. The third-order valence-electron chi connectivity index (χ3n) is 6.75. The molecule has 1 aliphatic heterocycles.